The summed E-state index contributed by atoms with van der Waals surface area (Å²) in [5.74, 6) is 0.754. The van der Waals surface area contributed by atoms with E-state index in [2.05, 4.69) is 15.5 Å². The van der Waals surface area contributed by atoms with E-state index >= 15 is 0 Å². The minimum absolute atomic E-state index is 0.754. The number of anilines is 1. The maximum Gasteiger partial charge on any atom is 0.181 e. The van der Waals surface area contributed by atoms with Gasteiger partial charge in [0.2, 0.25) is 0 Å². The molecule has 3 rings (SSSR count). The normalized spacial score (nSPS) is 10.8. The summed E-state index contributed by atoms with van der Waals surface area (Å²) in [6, 6.07) is 17.7. The SMILES string of the molecule is C(=N\Nc1ccc(-c2cnco2)cc1)/c1ccccc1. The minimum atomic E-state index is 0.754. The zero-order valence-electron chi connectivity index (χ0n) is 10.7. The van der Waals surface area contributed by atoms with Crippen molar-refractivity contribution in [2.24, 2.45) is 5.10 Å². The standard InChI is InChI=1S/C16H13N3O/c1-2-4-13(5-3-1)10-18-19-15-8-6-14(7-9-15)16-11-17-12-20-16/h1-12,19H/b18-10+. The van der Waals surface area contributed by atoms with Gasteiger partial charge in [0, 0.05) is 5.56 Å². The second kappa shape index (κ2) is 5.84. The highest BCUT2D eigenvalue weighted by Crippen LogP contribution is 2.20. The Morgan fingerprint density at radius 1 is 1.00 bits per heavy atom. The summed E-state index contributed by atoms with van der Waals surface area (Å²) in [5.41, 5.74) is 5.95. The Morgan fingerprint density at radius 2 is 1.80 bits per heavy atom. The minimum Gasteiger partial charge on any atom is -0.444 e. The van der Waals surface area contributed by atoms with Gasteiger partial charge in [-0.25, -0.2) is 4.98 Å². The van der Waals surface area contributed by atoms with Gasteiger partial charge in [0.05, 0.1) is 18.1 Å². The molecule has 4 heteroatoms. The van der Waals surface area contributed by atoms with Crippen molar-refractivity contribution in [2.45, 2.75) is 0 Å². The number of oxazole rings is 1. The fourth-order valence-electron chi connectivity index (χ4n) is 1.79. The van der Waals surface area contributed by atoms with Crippen molar-refractivity contribution in [1.82, 2.24) is 4.98 Å². The van der Waals surface area contributed by atoms with E-state index in [1.165, 1.54) is 6.39 Å². The summed E-state index contributed by atoms with van der Waals surface area (Å²) in [5, 5.41) is 4.19. The first kappa shape index (κ1) is 12.2. The second-order valence-electron chi connectivity index (χ2n) is 4.22. The number of benzene rings is 2. The average molecular weight is 263 g/mol. The maximum absolute atomic E-state index is 5.24. The Morgan fingerprint density at radius 3 is 2.50 bits per heavy atom. The Labute approximate surface area is 116 Å². The van der Waals surface area contributed by atoms with Crippen molar-refractivity contribution in [1.29, 1.82) is 0 Å². The summed E-state index contributed by atoms with van der Waals surface area (Å²) < 4.78 is 5.24. The van der Waals surface area contributed by atoms with E-state index in [0.29, 0.717) is 0 Å². The molecule has 4 nitrogen and oxygen atoms in total. The van der Waals surface area contributed by atoms with Crippen LogP contribution in [0.5, 0.6) is 0 Å². The molecular weight excluding hydrogens is 250 g/mol. The molecule has 0 aliphatic rings. The van der Waals surface area contributed by atoms with Crippen molar-refractivity contribution in [3.8, 4) is 11.3 Å². The third kappa shape index (κ3) is 2.92. The highest BCUT2D eigenvalue weighted by atomic mass is 16.3. The molecule has 0 unspecified atom stereocenters. The molecular formula is C16H13N3O. The highest BCUT2D eigenvalue weighted by molar-refractivity contribution is 5.80. The first-order valence-corrected chi connectivity index (χ1v) is 6.25. The van der Waals surface area contributed by atoms with Crippen LogP contribution in [-0.4, -0.2) is 11.2 Å². The van der Waals surface area contributed by atoms with Crippen LogP contribution >= 0.6 is 0 Å². The van der Waals surface area contributed by atoms with Crippen molar-refractivity contribution in [2.75, 3.05) is 5.43 Å². The lowest BCUT2D eigenvalue weighted by molar-refractivity contribution is 0.572. The van der Waals surface area contributed by atoms with Gasteiger partial charge in [0.25, 0.3) is 0 Å². The predicted octanol–water partition coefficient (Wildman–Crippen LogP) is 3.79. The molecule has 0 saturated carbocycles. The Balaban J connectivity index is 1.65. The topological polar surface area (TPSA) is 50.4 Å². The molecule has 1 N–H and O–H groups in total. The number of hydrazone groups is 1. The Bertz CT molecular complexity index is 674. The van der Waals surface area contributed by atoms with Gasteiger partial charge in [-0.05, 0) is 29.8 Å². The number of hydrogen-bond acceptors (Lipinski definition) is 4. The number of nitrogens with one attached hydrogen (secondary N) is 1. The third-order valence-electron chi connectivity index (χ3n) is 2.81. The molecule has 1 heterocycles. The van der Waals surface area contributed by atoms with Gasteiger partial charge >= 0.3 is 0 Å². The second-order valence-corrected chi connectivity index (χ2v) is 4.22. The molecule has 0 aliphatic heterocycles. The van der Waals surface area contributed by atoms with E-state index in [0.717, 1.165) is 22.6 Å². The van der Waals surface area contributed by atoms with Gasteiger partial charge in [-0.3, -0.25) is 5.43 Å². The molecule has 0 aliphatic carbocycles. The molecule has 0 saturated heterocycles. The first-order valence-electron chi connectivity index (χ1n) is 6.25. The van der Waals surface area contributed by atoms with Gasteiger partial charge in [-0.15, -0.1) is 0 Å². The molecule has 0 spiro atoms. The Kier molecular flexibility index (Phi) is 3.55. The molecule has 0 bridgehead atoms. The van der Waals surface area contributed by atoms with Crippen LogP contribution in [0.15, 0.2) is 76.7 Å². The third-order valence-corrected chi connectivity index (χ3v) is 2.81. The monoisotopic (exact) mass is 263 g/mol. The van der Waals surface area contributed by atoms with Crippen LogP contribution in [0, 0.1) is 0 Å². The van der Waals surface area contributed by atoms with Crippen molar-refractivity contribution in [3.63, 3.8) is 0 Å². The fourth-order valence-corrected chi connectivity index (χ4v) is 1.79. The van der Waals surface area contributed by atoms with E-state index in [9.17, 15) is 0 Å². The summed E-state index contributed by atoms with van der Waals surface area (Å²) in [7, 11) is 0. The van der Waals surface area contributed by atoms with E-state index < -0.39 is 0 Å². The number of nitrogens with zero attached hydrogens (tertiary/aromatic N) is 2. The van der Waals surface area contributed by atoms with Crippen LogP contribution in [0.1, 0.15) is 5.56 Å². The lowest BCUT2D eigenvalue weighted by Crippen LogP contribution is -1.90. The highest BCUT2D eigenvalue weighted by Gasteiger charge is 2.00. The first-order chi connectivity index (χ1) is 9.92. The van der Waals surface area contributed by atoms with Gasteiger partial charge in [-0.2, -0.15) is 5.10 Å². The number of rotatable bonds is 4. The fraction of sp³-hybridized carbons (Fsp3) is 0. The van der Waals surface area contributed by atoms with Crippen LogP contribution in [0.2, 0.25) is 0 Å². The zero-order chi connectivity index (χ0) is 13.6. The van der Waals surface area contributed by atoms with Gasteiger partial charge < -0.3 is 4.42 Å². The molecule has 0 fully saturated rings. The van der Waals surface area contributed by atoms with Gasteiger partial charge in [0.15, 0.2) is 12.2 Å². The summed E-state index contributed by atoms with van der Waals surface area (Å²) >= 11 is 0. The van der Waals surface area contributed by atoms with Crippen molar-refractivity contribution < 1.29 is 4.42 Å². The molecule has 3 aromatic rings. The molecule has 0 radical (unpaired) electrons. The van der Waals surface area contributed by atoms with E-state index in [1.807, 2.05) is 54.6 Å². The van der Waals surface area contributed by atoms with E-state index in [-0.39, 0.29) is 0 Å². The molecule has 1 aromatic heterocycles. The van der Waals surface area contributed by atoms with E-state index in [1.54, 1.807) is 12.4 Å². The largest absolute Gasteiger partial charge is 0.444 e. The summed E-state index contributed by atoms with van der Waals surface area (Å²) in [6.45, 7) is 0. The average Bonchev–Trinajstić information content (AvgIpc) is 3.03. The van der Waals surface area contributed by atoms with E-state index in [4.69, 9.17) is 4.42 Å². The molecule has 2 aromatic carbocycles. The lowest BCUT2D eigenvalue weighted by Gasteiger charge is -2.01. The van der Waals surface area contributed by atoms with Crippen LogP contribution < -0.4 is 5.43 Å². The molecule has 0 atom stereocenters. The summed E-state index contributed by atoms with van der Waals surface area (Å²) in [6.07, 6.45) is 4.89. The van der Waals surface area contributed by atoms with Crippen molar-refractivity contribution >= 4 is 11.9 Å². The van der Waals surface area contributed by atoms with Crippen molar-refractivity contribution in [3.05, 3.63) is 72.8 Å². The smallest absolute Gasteiger partial charge is 0.181 e. The Hall–Kier alpha value is -2.88. The van der Waals surface area contributed by atoms with Crippen LogP contribution in [-0.2, 0) is 0 Å². The predicted molar refractivity (Wildman–Crippen MR) is 79.6 cm³/mol. The lowest BCUT2D eigenvalue weighted by atomic mass is 10.2. The molecule has 0 amide bonds. The van der Waals surface area contributed by atoms with Crippen LogP contribution in [0.3, 0.4) is 0 Å². The molecule has 20 heavy (non-hydrogen) atoms. The summed E-state index contributed by atoms with van der Waals surface area (Å²) in [4.78, 5) is 3.90. The number of aromatic nitrogens is 1. The maximum atomic E-state index is 5.24. The van der Waals surface area contributed by atoms with Gasteiger partial charge in [-0.1, -0.05) is 30.3 Å². The molecule has 98 valence electrons. The zero-order valence-corrected chi connectivity index (χ0v) is 10.7. The number of hydrogen-bond donors (Lipinski definition) is 1. The van der Waals surface area contributed by atoms with Crippen LogP contribution in [0.25, 0.3) is 11.3 Å². The van der Waals surface area contributed by atoms with Crippen LogP contribution in [0.4, 0.5) is 5.69 Å². The quantitative estimate of drug-likeness (QED) is 0.575. The van der Waals surface area contributed by atoms with Gasteiger partial charge in [0.1, 0.15) is 0 Å².